The molecule has 4 nitrogen and oxygen atoms in total. The summed E-state index contributed by atoms with van der Waals surface area (Å²) in [4.78, 5) is 19.1. The molecule has 0 radical (unpaired) electrons. The van der Waals surface area contributed by atoms with Crippen molar-refractivity contribution in [1.29, 1.82) is 0 Å². The van der Waals surface area contributed by atoms with Crippen LogP contribution in [0.15, 0.2) is 79.0 Å². The van der Waals surface area contributed by atoms with Gasteiger partial charge in [0.2, 0.25) is 0 Å². The molecule has 0 N–H and O–H groups in total. The third kappa shape index (κ3) is 2.75. The standard InChI is InChI=1S/C25H16N4S/c1-15-18-11-10-16-6-2-3-7-19(16)23(18)29-24(27-15)17-12-13-26-21(14-17)25-28-20-8-4-5-9-22(20)30-25/h2-14H,1H3. The normalized spacial score (nSPS) is 11.5. The van der Waals surface area contributed by atoms with E-state index in [2.05, 4.69) is 47.4 Å². The lowest BCUT2D eigenvalue weighted by atomic mass is 10.0. The molecule has 0 amide bonds. The zero-order valence-electron chi connectivity index (χ0n) is 16.2. The number of benzene rings is 3. The largest absolute Gasteiger partial charge is 0.254 e. The molecule has 0 saturated carbocycles. The Hall–Kier alpha value is -3.70. The number of thiazole rings is 1. The van der Waals surface area contributed by atoms with E-state index in [1.807, 2.05) is 43.5 Å². The van der Waals surface area contributed by atoms with Gasteiger partial charge in [0.05, 0.1) is 21.4 Å². The van der Waals surface area contributed by atoms with Gasteiger partial charge in [0.25, 0.3) is 0 Å². The number of aryl methyl sites for hydroxylation is 1. The van der Waals surface area contributed by atoms with Crippen LogP contribution in [0, 0.1) is 6.92 Å². The van der Waals surface area contributed by atoms with Gasteiger partial charge in [-0.05, 0) is 36.6 Å². The van der Waals surface area contributed by atoms with Crippen molar-refractivity contribution in [2.45, 2.75) is 6.92 Å². The fourth-order valence-electron chi connectivity index (χ4n) is 3.81. The molecule has 3 aromatic heterocycles. The number of pyridine rings is 1. The maximum atomic E-state index is 4.96. The first-order chi connectivity index (χ1) is 14.8. The molecule has 6 rings (SSSR count). The van der Waals surface area contributed by atoms with E-state index in [0.29, 0.717) is 5.82 Å². The van der Waals surface area contributed by atoms with Crippen LogP contribution in [0.5, 0.6) is 0 Å². The van der Waals surface area contributed by atoms with Gasteiger partial charge in [0.15, 0.2) is 5.82 Å². The minimum Gasteiger partial charge on any atom is -0.254 e. The predicted molar refractivity (Wildman–Crippen MR) is 124 cm³/mol. The second kappa shape index (κ2) is 6.68. The number of rotatable bonds is 2. The highest BCUT2D eigenvalue weighted by Gasteiger charge is 2.12. The second-order valence-electron chi connectivity index (χ2n) is 7.23. The molecule has 3 heterocycles. The van der Waals surface area contributed by atoms with E-state index in [9.17, 15) is 0 Å². The van der Waals surface area contributed by atoms with E-state index in [1.165, 1.54) is 5.39 Å². The Morgan fingerprint density at radius 3 is 2.57 bits per heavy atom. The SMILES string of the molecule is Cc1nc(-c2ccnc(-c3nc4ccccc4s3)c2)nc2c1ccc1ccccc12. The molecular weight excluding hydrogens is 388 g/mol. The first-order valence-corrected chi connectivity index (χ1v) is 10.6. The van der Waals surface area contributed by atoms with Gasteiger partial charge in [0.1, 0.15) is 5.01 Å². The third-order valence-corrected chi connectivity index (χ3v) is 6.37. The molecule has 0 bridgehead atoms. The first kappa shape index (κ1) is 17.2. The van der Waals surface area contributed by atoms with E-state index in [1.54, 1.807) is 11.3 Å². The van der Waals surface area contributed by atoms with Gasteiger partial charge in [-0.2, -0.15) is 0 Å². The highest BCUT2D eigenvalue weighted by Crippen LogP contribution is 2.32. The number of nitrogens with zero attached hydrogens (tertiary/aromatic N) is 4. The summed E-state index contributed by atoms with van der Waals surface area (Å²) < 4.78 is 1.16. The molecule has 6 aromatic rings. The monoisotopic (exact) mass is 404 g/mol. The predicted octanol–water partition coefficient (Wildman–Crippen LogP) is 6.43. The van der Waals surface area contributed by atoms with Crippen LogP contribution >= 0.6 is 11.3 Å². The summed E-state index contributed by atoms with van der Waals surface area (Å²) in [5.41, 5.74) is 4.73. The van der Waals surface area contributed by atoms with Crippen LogP contribution in [0.3, 0.4) is 0 Å². The van der Waals surface area contributed by atoms with Gasteiger partial charge < -0.3 is 0 Å². The Labute approximate surface area is 176 Å². The van der Waals surface area contributed by atoms with Crippen molar-refractivity contribution in [3.63, 3.8) is 0 Å². The van der Waals surface area contributed by atoms with Crippen molar-refractivity contribution in [2.24, 2.45) is 0 Å². The summed E-state index contributed by atoms with van der Waals surface area (Å²) in [6.45, 7) is 2.04. The molecule has 0 aliphatic heterocycles. The molecule has 3 aromatic carbocycles. The van der Waals surface area contributed by atoms with Gasteiger partial charge in [-0.25, -0.2) is 15.0 Å². The van der Waals surface area contributed by atoms with Gasteiger partial charge in [0, 0.05) is 28.2 Å². The Kier molecular flexibility index (Phi) is 3.82. The molecule has 30 heavy (non-hydrogen) atoms. The van der Waals surface area contributed by atoms with Crippen molar-refractivity contribution in [2.75, 3.05) is 0 Å². The van der Waals surface area contributed by atoms with Crippen molar-refractivity contribution < 1.29 is 0 Å². The summed E-state index contributed by atoms with van der Waals surface area (Å²) in [7, 11) is 0. The summed E-state index contributed by atoms with van der Waals surface area (Å²) in [6, 6.07) is 24.7. The number of hydrogen-bond donors (Lipinski definition) is 0. The molecule has 5 heteroatoms. The van der Waals surface area contributed by atoms with E-state index in [4.69, 9.17) is 15.0 Å². The van der Waals surface area contributed by atoms with Crippen LogP contribution in [0.4, 0.5) is 0 Å². The van der Waals surface area contributed by atoms with Gasteiger partial charge in [-0.1, -0.05) is 48.5 Å². The maximum absolute atomic E-state index is 4.96. The molecular formula is C25H16N4S. The first-order valence-electron chi connectivity index (χ1n) is 9.75. The fraction of sp³-hybridized carbons (Fsp3) is 0.0400. The maximum Gasteiger partial charge on any atom is 0.160 e. The number of aromatic nitrogens is 4. The molecule has 0 fully saturated rings. The Balaban J connectivity index is 1.53. The molecule has 142 valence electrons. The van der Waals surface area contributed by atoms with E-state index >= 15 is 0 Å². The smallest absolute Gasteiger partial charge is 0.160 e. The van der Waals surface area contributed by atoms with E-state index < -0.39 is 0 Å². The number of para-hydroxylation sites is 1. The lowest BCUT2D eigenvalue weighted by molar-refractivity contribution is 1.16. The van der Waals surface area contributed by atoms with E-state index in [0.717, 1.165) is 48.5 Å². The van der Waals surface area contributed by atoms with Crippen LogP contribution in [0.2, 0.25) is 0 Å². The zero-order chi connectivity index (χ0) is 20.1. The minimum atomic E-state index is 0.709. The van der Waals surface area contributed by atoms with Gasteiger partial charge in [-0.15, -0.1) is 11.3 Å². The Bertz CT molecular complexity index is 1540. The van der Waals surface area contributed by atoms with Crippen molar-refractivity contribution in [3.8, 4) is 22.1 Å². The zero-order valence-corrected chi connectivity index (χ0v) is 17.0. The minimum absolute atomic E-state index is 0.709. The highest BCUT2D eigenvalue weighted by atomic mass is 32.1. The van der Waals surface area contributed by atoms with Crippen molar-refractivity contribution in [3.05, 3.63) is 84.7 Å². The highest BCUT2D eigenvalue weighted by molar-refractivity contribution is 7.21. The Morgan fingerprint density at radius 1 is 0.767 bits per heavy atom. The van der Waals surface area contributed by atoms with Crippen LogP contribution in [0.25, 0.3) is 54.0 Å². The van der Waals surface area contributed by atoms with Crippen LogP contribution < -0.4 is 0 Å². The van der Waals surface area contributed by atoms with Crippen LogP contribution in [0.1, 0.15) is 5.69 Å². The van der Waals surface area contributed by atoms with Gasteiger partial charge >= 0.3 is 0 Å². The van der Waals surface area contributed by atoms with Crippen molar-refractivity contribution >= 4 is 43.2 Å². The lowest BCUT2D eigenvalue weighted by Gasteiger charge is -2.09. The topological polar surface area (TPSA) is 51.6 Å². The van der Waals surface area contributed by atoms with Crippen LogP contribution in [-0.4, -0.2) is 19.9 Å². The summed E-state index contributed by atoms with van der Waals surface area (Å²) in [5, 5.41) is 4.31. The summed E-state index contributed by atoms with van der Waals surface area (Å²) in [6.07, 6.45) is 1.81. The molecule has 0 atom stereocenters. The molecule has 0 aliphatic carbocycles. The molecule has 0 aliphatic rings. The number of hydrogen-bond acceptors (Lipinski definition) is 5. The summed E-state index contributed by atoms with van der Waals surface area (Å²) in [5.74, 6) is 0.709. The molecule has 0 spiro atoms. The lowest BCUT2D eigenvalue weighted by Crippen LogP contribution is -1.96. The average Bonchev–Trinajstić information content (AvgIpc) is 3.23. The quantitative estimate of drug-likeness (QED) is 0.312. The second-order valence-corrected chi connectivity index (χ2v) is 8.26. The molecule has 0 saturated heterocycles. The average molecular weight is 404 g/mol. The fourth-order valence-corrected chi connectivity index (χ4v) is 4.75. The summed E-state index contributed by atoms with van der Waals surface area (Å²) >= 11 is 1.65. The van der Waals surface area contributed by atoms with Crippen LogP contribution in [-0.2, 0) is 0 Å². The third-order valence-electron chi connectivity index (χ3n) is 5.31. The van der Waals surface area contributed by atoms with Crippen molar-refractivity contribution in [1.82, 2.24) is 19.9 Å². The van der Waals surface area contributed by atoms with E-state index in [-0.39, 0.29) is 0 Å². The molecule has 0 unspecified atom stereocenters. The number of fused-ring (bicyclic) bond motifs is 4. The van der Waals surface area contributed by atoms with Gasteiger partial charge in [-0.3, -0.25) is 4.98 Å². The Morgan fingerprint density at radius 2 is 1.63 bits per heavy atom.